The largest absolute Gasteiger partial charge is 0.497 e. The van der Waals surface area contributed by atoms with Crippen molar-refractivity contribution in [3.8, 4) is 11.5 Å². The Kier molecular flexibility index (Phi) is 4.77. The second-order valence-electron chi connectivity index (χ2n) is 5.46. The number of nitrogens with one attached hydrogen (secondary N) is 1. The van der Waals surface area contributed by atoms with Gasteiger partial charge in [0.05, 0.1) is 19.9 Å². The van der Waals surface area contributed by atoms with Crippen molar-refractivity contribution in [3.05, 3.63) is 45.7 Å². The summed E-state index contributed by atoms with van der Waals surface area (Å²) in [6.45, 7) is 1.88. The average Bonchev–Trinajstić information content (AvgIpc) is 3.03. The SMILES string of the molecule is COc1ccc(OC)c(N2C(=O)NC(=O)/C(=C/c3sccc3C)C2=O)c1. The summed E-state index contributed by atoms with van der Waals surface area (Å²) in [5, 5.41) is 4.06. The second kappa shape index (κ2) is 7.01. The molecule has 1 aliphatic rings. The van der Waals surface area contributed by atoms with Gasteiger partial charge in [0.2, 0.25) is 0 Å². The normalized spacial score (nSPS) is 16.0. The number of barbiturate groups is 1. The first-order valence-electron chi connectivity index (χ1n) is 7.64. The lowest BCUT2D eigenvalue weighted by Gasteiger charge is -2.27. The van der Waals surface area contributed by atoms with Crippen molar-refractivity contribution < 1.29 is 23.9 Å². The number of imide groups is 2. The summed E-state index contributed by atoms with van der Waals surface area (Å²) in [5.74, 6) is -0.711. The van der Waals surface area contributed by atoms with Gasteiger partial charge in [-0.2, -0.15) is 0 Å². The average molecular weight is 372 g/mol. The van der Waals surface area contributed by atoms with Crippen LogP contribution in [-0.2, 0) is 9.59 Å². The van der Waals surface area contributed by atoms with E-state index in [1.165, 1.54) is 37.7 Å². The molecule has 1 aliphatic heterocycles. The lowest BCUT2D eigenvalue weighted by Crippen LogP contribution is -2.54. The van der Waals surface area contributed by atoms with Gasteiger partial charge in [-0.25, -0.2) is 9.69 Å². The minimum absolute atomic E-state index is 0.125. The number of methoxy groups -OCH3 is 2. The Hall–Kier alpha value is -3.13. The predicted octanol–water partition coefficient (Wildman–Crippen LogP) is 2.74. The molecule has 0 bridgehead atoms. The van der Waals surface area contributed by atoms with Crippen molar-refractivity contribution >= 4 is 40.9 Å². The molecule has 1 fully saturated rings. The molecule has 3 rings (SSSR count). The minimum atomic E-state index is -0.841. The number of nitrogens with zero attached hydrogens (tertiary/aromatic N) is 1. The van der Waals surface area contributed by atoms with E-state index in [-0.39, 0.29) is 11.3 Å². The number of amides is 4. The lowest BCUT2D eigenvalue weighted by molar-refractivity contribution is -0.122. The maximum atomic E-state index is 12.9. The highest BCUT2D eigenvalue weighted by Gasteiger charge is 2.38. The first-order valence-corrected chi connectivity index (χ1v) is 8.51. The van der Waals surface area contributed by atoms with Crippen molar-refractivity contribution in [1.82, 2.24) is 5.32 Å². The van der Waals surface area contributed by atoms with Crippen molar-refractivity contribution in [2.24, 2.45) is 0 Å². The molecule has 8 heteroatoms. The third-order valence-corrected chi connectivity index (χ3v) is 4.87. The molecule has 1 aromatic carbocycles. The van der Waals surface area contributed by atoms with Crippen LogP contribution in [0.3, 0.4) is 0 Å². The number of rotatable bonds is 4. The summed E-state index contributed by atoms with van der Waals surface area (Å²) in [6, 6.07) is 5.77. The van der Waals surface area contributed by atoms with Crippen LogP contribution in [0.25, 0.3) is 6.08 Å². The minimum Gasteiger partial charge on any atom is -0.497 e. The quantitative estimate of drug-likeness (QED) is 0.659. The molecule has 0 aliphatic carbocycles. The van der Waals surface area contributed by atoms with Crippen LogP contribution in [0.15, 0.2) is 35.2 Å². The van der Waals surface area contributed by atoms with Crippen LogP contribution in [0, 0.1) is 6.92 Å². The van der Waals surface area contributed by atoms with Crippen LogP contribution >= 0.6 is 11.3 Å². The van der Waals surface area contributed by atoms with Crippen LogP contribution in [0.5, 0.6) is 11.5 Å². The number of carbonyl (C=O) groups is 3. The molecule has 0 atom stereocenters. The van der Waals surface area contributed by atoms with Gasteiger partial charge in [-0.15, -0.1) is 11.3 Å². The number of hydrogen-bond donors (Lipinski definition) is 1. The first-order chi connectivity index (χ1) is 12.5. The fraction of sp³-hybridized carbons (Fsp3) is 0.167. The number of ether oxygens (including phenoxy) is 2. The highest BCUT2D eigenvalue weighted by atomic mass is 32.1. The molecule has 0 radical (unpaired) electrons. The van der Waals surface area contributed by atoms with E-state index in [9.17, 15) is 14.4 Å². The predicted molar refractivity (Wildman–Crippen MR) is 97.6 cm³/mol. The van der Waals surface area contributed by atoms with E-state index in [1.807, 2.05) is 18.4 Å². The molecule has 26 heavy (non-hydrogen) atoms. The highest BCUT2D eigenvalue weighted by Crippen LogP contribution is 2.34. The summed E-state index contributed by atoms with van der Waals surface area (Å²) in [5.41, 5.74) is 1.00. The maximum absolute atomic E-state index is 12.9. The molecule has 1 N–H and O–H groups in total. The molecule has 7 nitrogen and oxygen atoms in total. The Morgan fingerprint density at radius 3 is 2.50 bits per heavy atom. The van der Waals surface area contributed by atoms with E-state index in [0.29, 0.717) is 11.5 Å². The molecule has 134 valence electrons. The van der Waals surface area contributed by atoms with E-state index >= 15 is 0 Å². The van der Waals surface area contributed by atoms with Crippen LogP contribution < -0.4 is 19.7 Å². The van der Waals surface area contributed by atoms with Crippen molar-refractivity contribution in [1.29, 1.82) is 0 Å². The summed E-state index contributed by atoms with van der Waals surface area (Å²) in [7, 11) is 2.90. The summed E-state index contributed by atoms with van der Waals surface area (Å²) >= 11 is 1.40. The van der Waals surface area contributed by atoms with E-state index in [4.69, 9.17) is 9.47 Å². The number of carbonyl (C=O) groups excluding carboxylic acids is 3. The summed E-state index contributed by atoms with van der Waals surface area (Å²) in [4.78, 5) is 39.1. The van der Waals surface area contributed by atoms with Gasteiger partial charge in [0.1, 0.15) is 17.1 Å². The fourth-order valence-corrected chi connectivity index (χ4v) is 3.37. The highest BCUT2D eigenvalue weighted by molar-refractivity contribution is 7.11. The Morgan fingerprint density at radius 2 is 1.88 bits per heavy atom. The Bertz CT molecular complexity index is 931. The standard InChI is InChI=1S/C18H16N2O5S/c1-10-6-7-26-15(10)9-12-16(21)19-18(23)20(17(12)22)13-8-11(24-2)4-5-14(13)25-3/h4-9H,1-3H3,(H,19,21,23)/b12-9-. The molecular weight excluding hydrogens is 356 g/mol. The van der Waals surface area contributed by atoms with Crippen molar-refractivity contribution in [2.45, 2.75) is 6.92 Å². The Morgan fingerprint density at radius 1 is 1.12 bits per heavy atom. The van der Waals surface area contributed by atoms with Crippen LogP contribution in [0.4, 0.5) is 10.5 Å². The molecule has 2 aromatic rings. The third-order valence-electron chi connectivity index (χ3n) is 3.91. The Balaban J connectivity index is 2.09. The van der Waals surface area contributed by atoms with Gasteiger partial charge in [-0.1, -0.05) is 0 Å². The molecular formula is C18H16N2O5S. The molecule has 4 amide bonds. The van der Waals surface area contributed by atoms with Crippen LogP contribution in [0.2, 0.25) is 0 Å². The van der Waals surface area contributed by atoms with Gasteiger partial charge in [-0.05, 0) is 42.1 Å². The lowest BCUT2D eigenvalue weighted by atomic mass is 10.1. The first kappa shape index (κ1) is 17.7. The number of thiophene rings is 1. The summed E-state index contributed by atoms with van der Waals surface area (Å²) < 4.78 is 10.4. The van der Waals surface area contributed by atoms with Crippen molar-refractivity contribution in [3.63, 3.8) is 0 Å². The molecule has 2 heterocycles. The summed E-state index contributed by atoms with van der Waals surface area (Å²) in [6.07, 6.45) is 1.49. The smallest absolute Gasteiger partial charge is 0.336 e. The van der Waals surface area contributed by atoms with Crippen LogP contribution in [0.1, 0.15) is 10.4 Å². The molecule has 1 saturated heterocycles. The van der Waals surface area contributed by atoms with E-state index in [2.05, 4.69) is 5.32 Å². The zero-order valence-corrected chi connectivity index (χ0v) is 15.2. The Labute approximate surface area is 153 Å². The molecule has 0 saturated carbocycles. The number of benzene rings is 1. The van der Waals surface area contributed by atoms with Gasteiger partial charge >= 0.3 is 6.03 Å². The fourth-order valence-electron chi connectivity index (χ4n) is 2.51. The number of hydrogen-bond acceptors (Lipinski definition) is 6. The van der Waals surface area contributed by atoms with Gasteiger partial charge in [0.15, 0.2) is 0 Å². The van der Waals surface area contributed by atoms with Gasteiger partial charge in [0, 0.05) is 10.9 Å². The zero-order chi connectivity index (χ0) is 18.8. The second-order valence-corrected chi connectivity index (χ2v) is 6.41. The van der Waals surface area contributed by atoms with Gasteiger partial charge in [0.25, 0.3) is 11.8 Å². The molecule has 0 spiro atoms. The zero-order valence-electron chi connectivity index (χ0n) is 14.4. The molecule has 1 aromatic heterocycles. The topological polar surface area (TPSA) is 84.9 Å². The van der Waals surface area contributed by atoms with Crippen molar-refractivity contribution in [2.75, 3.05) is 19.1 Å². The van der Waals surface area contributed by atoms with Gasteiger partial charge in [-0.3, -0.25) is 14.9 Å². The number of anilines is 1. The maximum Gasteiger partial charge on any atom is 0.336 e. The van der Waals surface area contributed by atoms with Gasteiger partial charge < -0.3 is 9.47 Å². The van der Waals surface area contributed by atoms with Crippen LogP contribution in [-0.4, -0.2) is 32.1 Å². The number of urea groups is 1. The molecule has 0 unspecified atom stereocenters. The monoisotopic (exact) mass is 372 g/mol. The third kappa shape index (κ3) is 3.06. The van der Waals surface area contributed by atoms with E-state index in [1.54, 1.807) is 12.1 Å². The van der Waals surface area contributed by atoms with E-state index < -0.39 is 17.8 Å². The van der Waals surface area contributed by atoms with E-state index in [0.717, 1.165) is 15.3 Å². The number of aryl methyl sites for hydroxylation is 1.